The smallest absolute Gasteiger partial charge is 0.223 e. The fraction of sp³-hybridized carbons (Fsp3) is 0.636. The number of aryl methyl sites for hydroxylation is 1. The Morgan fingerprint density at radius 3 is 2.68 bits per heavy atom. The van der Waals surface area contributed by atoms with Crippen molar-refractivity contribution in [3.05, 3.63) is 29.8 Å². The summed E-state index contributed by atoms with van der Waals surface area (Å²) in [6.07, 6.45) is 5.85. The van der Waals surface area contributed by atoms with Gasteiger partial charge in [0.1, 0.15) is 5.75 Å². The van der Waals surface area contributed by atoms with Gasteiger partial charge in [0, 0.05) is 31.1 Å². The number of guanidine groups is 1. The standard InChI is InChI=1S/C22H36N4O2/c1-4-23-22(24-14-6-7-17-10-12-20(27)13-11-17)26-19-9-5-8-18(15-19)21(28)25-16(2)3/h10-13,16,18-19,27H,4-9,14-15H2,1-3H3,(H,25,28)(H2,23,24,26). The molecular weight excluding hydrogens is 352 g/mol. The quantitative estimate of drug-likeness (QED) is 0.313. The zero-order chi connectivity index (χ0) is 20.4. The number of hydrogen-bond acceptors (Lipinski definition) is 3. The van der Waals surface area contributed by atoms with Crippen molar-refractivity contribution in [3.63, 3.8) is 0 Å². The number of nitrogens with zero attached hydrogens (tertiary/aromatic N) is 1. The Labute approximate surface area is 169 Å². The molecule has 1 aromatic rings. The van der Waals surface area contributed by atoms with Gasteiger partial charge in [0.25, 0.3) is 0 Å². The third kappa shape index (κ3) is 7.79. The van der Waals surface area contributed by atoms with Crippen LogP contribution in [0.4, 0.5) is 0 Å². The molecule has 28 heavy (non-hydrogen) atoms. The van der Waals surface area contributed by atoms with Crippen molar-refractivity contribution < 1.29 is 9.90 Å². The van der Waals surface area contributed by atoms with Crippen LogP contribution in [0.5, 0.6) is 5.75 Å². The predicted octanol–water partition coefficient (Wildman–Crippen LogP) is 2.96. The summed E-state index contributed by atoms with van der Waals surface area (Å²) in [6.45, 7) is 7.62. The third-order valence-corrected chi connectivity index (χ3v) is 4.99. The van der Waals surface area contributed by atoms with Crippen LogP contribution in [0.15, 0.2) is 29.3 Å². The van der Waals surface area contributed by atoms with Gasteiger partial charge >= 0.3 is 0 Å². The Balaban J connectivity index is 1.82. The molecule has 0 radical (unpaired) electrons. The van der Waals surface area contributed by atoms with E-state index in [1.54, 1.807) is 12.1 Å². The molecule has 2 unspecified atom stereocenters. The van der Waals surface area contributed by atoms with Crippen LogP contribution in [0.3, 0.4) is 0 Å². The lowest BCUT2D eigenvalue weighted by atomic mass is 9.85. The molecule has 0 heterocycles. The van der Waals surface area contributed by atoms with Crippen molar-refractivity contribution in [1.29, 1.82) is 0 Å². The highest BCUT2D eigenvalue weighted by atomic mass is 16.3. The normalized spacial score (nSPS) is 20.1. The molecule has 4 N–H and O–H groups in total. The lowest BCUT2D eigenvalue weighted by molar-refractivity contribution is -0.126. The minimum Gasteiger partial charge on any atom is -0.508 e. The second-order valence-corrected chi connectivity index (χ2v) is 7.90. The molecule has 6 heteroatoms. The molecule has 1 amide bonds. The summed E-state index contributed by atoms with van der Waals surface area (Å²) >= 11 is 0. The monoisotopic (exact) mass is 388 g/mol. The van der Waals surface area contributed by atoms with Crippen molar-refractivity contribution >= 4 is 11.9 Å². The van der Waals surface area contributed by atoms with Crippen molar-refractivity contribution in [2.45, 2.75) is 71.4 Å². The van der Waals surface area contributed by atoms with Gasteiger partial charge in [-0.3, -0.25) is 9.79 Å². The topological polar surface area (TPSA) is 85.8 Å². The maximum atomic E-state index is 12.3. The number of amides is 1. The molecule has 1 saturated carbocycles. The van der Waals surface area contributed by atoms with E-state index in [1.165, 1.54) is 5.56 Å². The summed E-state index contributed by atoms with van der Waals surface area (Å²) in [5.74, 6) is 1.40. The van der Waals surface area contributed by atoms with Crippen molar-refractivity contribution in [1.82, 2.24) is 16.0 Å². The van der Waals surface area contributed by atoms with E-state index in [0.29, 0.717) is 5.75 Å². The fourth-order valence-electron chi connectivity index (χ4n) is 3.61. The summed E-state index contributed by atoms with van der Waals surface area (Å²) in [7, 11) is 0. The number of benzene rings is 1. The number of aromatic hydroxyl groups is 1. The summed E-state index contributed by atoms with van der Waals surface area (Å²) in [5.41, 5.74) is 1.21. The van der Waals surface area contributed by atoms with Gasteiger partial charge in [-0.15, -0.1) is 0 Å². The van der Waals surface area contributed by atoms with Crippen molar-refractivity contribution in [2.24, 2.45) is 10.9 Å². The molecule has 0 spiro atoms. The van der Waals surface area contributed by atoms with Gasteiger partial charge < -0.3 is 21.1 Å². The number of carbonyl (C=O) groups is 1. The summed E-state index contributed by atoms with van der Waals surface area (Å²) in [5, 5.41) is 19.2. The highest BCUT2D eigenvalue weighted by Crippen LogP contribution is 2.24. The summed E-state index contributed by atoms with van der Waals surface area (Å²) < 4.78 is 0. The maximum absolute atomic E-state index is 12.3. The molecule has 6 nitrogen and oxygen atoms in total. The Bertz CT molecular complexity index is 628. The number of rotatable bonds is 8. The molecule has 1 aliphatic rings. The Morgan fingerprint density at radius 2 is 2.00 bits per heavy atom. The highest BCUT2D eigenvalue weighted by Gasteiger charge is 2.27. The lowest BCUT2D eigenvalue weighted by Gasteiger charge is -2.30. The van der Waals surface area contributed by atoms with Crippen LogP contribution in [0.25, 0.3) is 0 Å². The average molecular weight is 389 g/mol. The molecule has 1 fully saturated rings. The van der Waals surface area contributed by atoms with Crippen LogP contribution in [0, 0.1) is 5.92 Å². The molecule has 0 aromatic heterocycles. The highest BCUT2D eigenvalue weighted by molar-refractivity contribution is 5.81. The van der Waals surface area contributed by atoms with E-state index in [9.17, 15) is 9.90 Å². The fourth-order valence-corrected chi connectivity index (χ4v) is 3.61. The van der Waals surface area contributed by atoms with Crippen LogP contribution >= 0.6 is 0 Å². The minimum atomic E-state index is 0.0889. The van der Waals surface area contributed by atoms with Crippen LogP contribution in [-0.2, 0) is 11.2 Å². The number of phenolic OH excluding ortho intramolecular Hbond substituents is 1. The maximum Gasteiger partial charge on any atom is 0.223 e. The van der Waals surface area contributed by atoms with Gasteiger partial charge in [-0.25, -0.2) is 0 Å². The second-order valence-electron chi connectivity index (χ2n) is 7.90. The van der Waals surface area contributed by atoms with Gasteiger partial charge in [-0.05, 0) is 70.6 Å². The Hall–Kier alpha value is -2.24. The van der Waals surface area contributed by atoms with Gasteiger partial charge in [0.05, 0.1) is 0 Å². The first-order chi connectivity index (χ1) is 13.5. The number of phenols is 1. The third-order valence-electron chi connectivity index (χ3n) is 4.99. The van der Waals surface area contributed by atoms with Gasteiger partial charge in [0.15, 0.2) is 5.96 Å². The van der Waals surface area contributed by atoms with E-state index >= 15 is 0 Å². The average Bonchev–Trinajstić information content (AvgIpc) is 2.66. The number of aliphatic imine (C=N–C) groups is 1. The van der Waals surface area contributed by atoms with Crippen LogP contribution < -0.4 is 16.0 Å². The van der Waals surface area contributed by atoms with E-state index in [0.717, 1.165) is 57.6 Å². The lowest BCUT2D eigenvalue weighted by Crippen LogP contribution is -2.47. The van der Waals surface area contributed by atoms with Gasteiger partial charge in [0.2, 0.25) is 5.91 Å². The first-order valence-corrected chi connectivity index (χ1v) is 10.6. The number of nitrogens with one attached hydrogen (secondary N) is 3. The zero-order valence-corrected chi connectivity index (χ0v) is 17.5. The molecule has 0 bridgehead atoms. The number of carbonyl (C=O) groups excluding carboxylic acids is 1. The molecule has 2 rings (SSSR count). The van der Waals surface area contributed by atoms with E-state index < -0.39 is 0 Å². The first kappa shape index (κ1) is 22.1. The zero-order valence-electron chi connectivity index (χ0n) is 17.5. The van der Waals surface area contributed by atoms with Crippen LogP contribution in [0.1, 0.15) is 58.4 Å². The molecule has 1 aliphatic carbocycles. The van der Waals surface area contributed by atoms with Gasteiger partial charge in [-0.1, -0.05) is 18.6 Å². The van der Waals surface area contributed by atoms with E-state index in [-0.39, 0.29) is 23.9 Å². The SMILES string of the molecule is CCNC(=NCCCc1ccc(O)cc1)NC1CCCC(C(=O)NC(C)C)C1. The predicted molar refractivity (Wildman–Crippen MR) is 115 cm³/mol. The molecule has 1 aromatic carbocycles. The van der Waals surface area contributed by atoms with Crippen LogP contribution in [0.2, 0.25) is 0 Å². The van der Waals surface area contributed by atoms with E-state index in [2.05, 4.69) is 22.9 Å². The van der Waals surface area contributed by atoms with E-state index in [4.69, 9.17) is 4.99 Å². The number of hydrogen-bond donors (Lipinski definition) is 4. The van der Waals surface area contributed by atoms with Crippen LogP contribution in [-0.4, -0.2) is 42.1 Å². The summed E-state index contributed by atoms with van der Waals surface area (Å²) in [6, 6.07) is 7.82. The Kier molecular flexibility index (Phi) is 9.11. The molecule has 0 saturated heterocycles. The van der Waals surface area contributed by atoms with Crippen molar-refractivity contribution in [3.8, 4) is 5.75 Å². The molecule has 0 aliphatic heterocycles. The Morgan fingerprint density at radius 1 is 1.25 bits per heavy atom. The second kappa shape index (κ2) is 11.6. The molecular formula is C22H36N4O2. The van der Waals surface area contributed by atoms with E-state index in [1.807, 2.05) is 26.0 Å². The summed E-state index contributed by atoms with van der Waals surface area (Å²) in [4.78, 5) is 17.0. The largest absolute Gasteiger partial charge is 0.508 e. The minimum absolute atomic E-state index is 0.0889. The van der Waals surface area contributed by atoms with Gasteiger partial charge in [-0.2, -0.15) is 0 Å². The van der Waals surface area contributed by atoms with Crippen molar-refractivity contribution in [2.75, 3.05) is 13.1 Å². The molecule has 156 valence electrons. The first-order valence-electron chi connectivity index (χ1n) is 10.6. The molecule has 2 atom stereocenters.